The smallest absolute Gasteiger partial charge is 0.251 e. The van der Waals surface area contributed by atoms with E-state index in [1.807, 2.05) is 6.92 Å². The number of benzene rings is 1. The average molecular weight is 347 g/mol. The zero-order valence-corrected chi connectivity index (χ0v) is 14.8. The number of aromatic amines is 1. The van der Waals surface area contributed by atoms with Gasteiger partial charge in [-0.05, 0) is 43.3 Å². The molecule has 1 aromatic carbocycles. The zero-order chi connectivity index (χ0) is 17.7. The summed E-state index contributed by atoms with van der Waals surface area (Å²) in [6, 6.07) is 5.22. The lowest BCUT2D eigenvalue weighted by molar-refractivity contribution is -0.116. The molecule has 7 nitrogen and oxygen atoms in total. The van der Waals surface area contributed by atoms with Gasteiger partial charge in [-0.1, -0.05) is 13.0 Å². The van der Waals surface area contributed by atoms with Gasteiger partial charge in [-0.15, -0.1) is 0 Å². The standard InChI is InChI=1S/C16H21N5O2S/c1-4-6-13-19-20-16(24)21(13)9-14(22)18-12-8-5-7-11(10(12)2)15(23)17-3/h5,7-8H,4,6,9H2,1-3H3,(H,17,23)(H,18,22)(H,20,24). The number of anilines is 1. The van der Waals surface area contributed by atoms with Crippen LogP contribution in [0.5, 0.6) is 0 Å². The van der Waals surface area contributed by atoms with Crippen LogP contribution in [0.2, 0.25) is 0 Å². The van der Waals surface area contributed by atoms with E-state index in [1.54, 1.807) is 36.7 Å². The third-order valence-corrected chi connectivity index (χ3v) is 4.00. The molecule has 1 aromatic heterocycles. The Morgan fingerprint density at radius 1 is 1.38 bits per heavy atom. The first kappa shape index (κ1) is 17.9. The highest BCUT2D eigenvalue weighted by Crippen LogP contribution is 2.19. The molecule has 2 amide bonds. The van der Waals surface area contributed by atoms with Crippen molar-refractivity contribution < 1.29 is 9.59 Å². The molecule has 128 valence electrons. The largest absolute Gasteiger partial charge is 0.355 e. The van der Waals surface area contributed by atoms with Gasteiger partial charge < -0.3 is 10.6 Å². The lowest BCUT2D eigenvalue weighted by Crippen LogP contribution is -2.22. The number of aryl methyl sites for hydroxylation is 1. The predicted octanol–water partition coefficient (Wildman–Crippen LogP) is 2.20. The van der Waals surface area contributed by atoms with Gasteiger partial charge in [0.2, 0.25) is 5.91 Å². The van der Waals surface area contributed by atoms with Gasteiger partial charge in [-0.2, -0.15) is 5.10 Å². The molecule has 0 bridgehead atoms. The van der Waals surface area contributed by atoms with Gasteiger partial charge in [-0.25, -0.2) is 0 Å². The molecule has 0 unspecified atom stereocenters. The molecule has 0 aliphatic rings. The quantitative estimate of drug-likeness (QED) is 0.699. The Balaban J connectivity index is 2.18. The van der Waals surface area contributed by atoms with Gasteiger partial charge in [0.15, 0.2) is 4.77 Å². The maximum atomic E-state index is 12.4. The monoisotopic (exact) mass is 347 g/mol. The molecule has 0 atom stereocenters. The normalized spacial score (nSPS) is 10.5. The van der Waals surface area contributed by atoms with Crippen LogP contribution in [0, 0.1) is 11.7 Å². The predicted molar refractivity (Wildman–Crippen MR) is 94.6 cm³/mol. The van der Waals surface area contributed by atoms with Crippen molar-refractivity contribution in [3.63, 3.8) is 0 Å². The third-order valence-electron chi connectivity index (χ3n) is 3.69. The average Bonchev–Trinajstić information content (AvgIpc) is 2.89. The lowest BCUT2D eigenvalue weighted by Gasteiger charge is -2.12. The van der Waals surface area contributed by atoms with Crippen molar-refractivity contribution in [2.75, 3.05) is 12.4 Å². The van der Waals surface area contributed by atoms with Gasteiger partial charge in [-0.3, -0.25) is 19.3 Å². The highest BCUT2D eigenvalue weighted by molar-refractivity contribution is 7.71. The number of nitrogens with zero attached hydrogens (tertiary/aromatic N) is 2. The number of nitrogens with one attached hydrogen (secondary N) is 3. The molecule has 1 heterocycles. The van der Waals surface area contributed by atoms with Crippen LogP contribution in [0.1, 0.15) is 35.1 Å². The summed E-state index contributed by atoms with van der Waals surface area (Å²) in [7, 11) is 1.57. The van der Waals surface area contributed by atoms with Crippen molar-refractivity contribution in [1.29, 1.82) is 0 Å². The fraction of sp³-hybridized carbons (Fsp3) is 0.375. The number of rotatable bonds is 6. The van der Waals surface area contributed by atoms with Crippen LogP contribution in [-0.4, -0.2) is 33.6 Å². The summed E-state index contributed by atoms with van der Waals surface area (Å²) in [5.74, 6) is 0.348. The summed E-state index contributed by atoms with van der Waals surface area (Å²) in [4.78, 5) is 24.2. The number of carbonyl (C=O) groups excluding carboxylic acids is 2. The molecule has 24 heavy (non-hydrogen) atoms. The molecule has 0 aliphatic heterocycles. The summed E-state index contributed by atoms with van der Waals surface area (Å²) in [6.07, 6.45) is 1.65. The van der Waals surface area contributed by atoms with E-state index in [4.69, 9.17) is 12.2 Å². The van der Waals surface area contributed by atoms with Crippen molar-refractivity contribution >= 4 is 29.7 Å². The Kier molecular flexibility index (Phi) is 5.86. The van der Waals surface area contributed by atoms with Crippen LogP contribution < -0.4 is 10.6 Å². The molecule has 0 saturated heterocycles. The summed E-state index contributed by atoms with van der Waals surface area (Å²) in [5.41, 5.74) is 1.85. The van der Waals surface area contributed by atoms with Crippen molar-refractivity contribution in [2.45, 2.75) is 33.2 Å². The first-order valence-corrected chi connectivity index (χ1v) is 8.14. The topological polar surface area (TPSA) is 91.8 Å². The van der Waals surface area contributed by atoms with Crippen molar-refractivity contribution in [3.8, 4) is 0 Å². The summed E-state index contributed by atoms with van der Waals surface area (Å²) in [5, 5.41) is 12.3. The Hall–Kier alpha value is -2.48. The summed E-state index contributed by atoms with van der Waals surface area (Å²) < 4.78 is 2.11. The molecule has 0 saturated carbocycles. The second-order valence-corrected chi connectivity index (χ2v) is 5.77. The second kappa shape index (κ2) is 7.87. The van der Waals surface area contributed by atoms with E-state index in [1.165, 1.54) is 0 Å². The summed E-state index contributed by atoms with van der Waals surface area (Å²) >= 11 is 5.18. The Bertz CT molecular complexity index is 809. The SMILES string of the molecule is CCCc1n[nH]c(=S)n1CC(=O)Nc1cccc(C(=O)NC)c1C. The maximum Gasteiger partial charge on any atom is 0.251 e. The number of amides is 2. The Labute approximate surface area is 145 Å². The van der Waals surface area contributed by atoms with E-state index in [0.29, 0.717) is 16.0 Å². The van der Waals surface area contributed by atoms with Gasteiger partial charge in [0.1, 0.15) is 12.4 Å². The van der Waals surface area contributed by atoms with Gasteiger partial charge in [0.05, 0.1) is 0 Å². The van der Waals surface area contributed by atoms with Crippen LogP contribution in [-0.2, 0) is 17.8 Å². The Morgan fingerprint density at radius 2 is 2.12 bits per heavy atom. The minimum atomic E-state index is -0.220. The number of H-pyrrole nitrogens is 1. The second-order valence-electron chi connectivity index (χ2n) is 5.39. The number of hydrogen-bond acceptors (Lipinski definition) is 4. The summed E-state index contributed by atoms with van der Waals surface area (Å²) in [6.45, 7) is 3.91. The minimum Gasteiger partial charge on any atom is -0.355 e. The molecule has 0 aliphatic carbocycles. The maximum absolute atomic E-state index is 12.4. The molecule has 0 spiro atoms. The van der Waals surface area contributed by atoms with E-state index in [2.05, 4.69) is 20.8 Å². The fourth-order valence-corrected chi connectivity index (χ4v) is 2.63. The molecular formula is C16H21N5O2S. The molecule has 8 heteroatoms. The first-order valence-electron chi connectivity index (χ1n) is 7.73. The van der Waals surface area contributed by atoms with Gasteiger partial charge in [0.25, 0.3) is 5.91 Å². The van der Waals surface area contributed by atoms with E-state index in [0.717, 1.165) is 24.2 Å². The van der Waals surface area contributed by atoms with Crippen LogP contribution in [0.25, 0.3) is 0 Å². The first-order chi connectivity index (χ1) is 11.5. The van der Waals surface area contributed by atoms with E-state index in [9.17, 15) is 9.59 Å². The van der Waals surface area contributed by atoms with Crippen LogP contribution >= 0.6 is 12.2 Å². The molecule has 3 N–H and O–H groups in total. The fourth-order valence-electron chi connectivity index (χ4n) is 2.41. The van der Waals surface area contributed by atoms with Crippen LogP contribution in [0.4, 0.5) is 5.69 Å². The molecular weight excluding hydrogens is 326 g/mol. The molecule has 2 aromatic rings. The highest BCUT2D eigenvalue weighted by Gasteiger charge is 2.14. The Morgan fingerprint density at radius 3 is 2.79 bits per heavy atom. The number of hydrogen-bond donors (Lipinski definition) is 3. The van der Waals surface area contributed by atoms with Crippen molar-refractivity contribution in [1.82, 2.24) is 20.1 Å². The van der Waals surface area contributed by atoms with Crippen molar-refractivity contribution in [2.24, 2.45) is 0 Å². The number of carbonyl (C=O) groups is 2. The minimum absolute atomic E-state index is 0.0777. The molecule has 0 fully saturated rings. The van der Waals surface area contributed by atoms with Gasteiger partial charge in [0, 0.05) is 24.7 Å². The van der Waals surface area contributed by atoms with Crippen molar-refractivity contribution in [3.05, 3.63) is 39.9 Å². The lowest BCUT2D eigenvalue weighted by atomic mass is 10.1. The van der Waals surface area contributed by atoms with E-state index in [-0.39, 0.29) is 18.4 Å². The van der Waals surface area contributed by atoms with Crippen LogP contribution in [0.3, 0.4) is 0 Å². The van der Waals surface area contributed by atoms with E-state index >= 15 is 0 Å². The highest BCUT2D eigenvalue weighted by atomic mass is 32.1. The zero-order valence-electron chi connectivity index (χ0n) is 14.0. The number of aromatic nitrogens is 3. The molecule has 2 rings (SSSR count). The molecule has 0 radical (unpaired) electrons. The van der Waals surface area contributed by atoms with E-state index < -0.39 is 0 Å². The third kappa shape index (κ3) is 3.88. The van der Waals surface area contributed by atoms with Gasteiger partial charge >= 0.3 is 0 Å². The van der Waals surface area contributed by atoms with Crippen LogP contribution in [0.15, 0.2) is 18.2 Å².